The lowest BCUT2D eigenvalue weighted by Crippen LogP contribution is -2.34. The highest BCUT2D eigenvalue weighted by atomic mass is 32.2. The Morgan fingerprint density at radius 1 is 1.03 bits per heavy atom. The number of aromatic nitrogens is 2. The van der Waals surface area contributed by atoms with Crippen LogP contribution in [-0.4, -0.2) is 49.6 Å². The van der Waals surface area contributed by atoms with Crippen LogP contribution in [0.4, 0.5) is 0 Å². The van der Waals surface area contributed by atoms with Crippen molar-refractivity contribution in [2.75, 3.05) is 27.4 Å². The number of benzene rings is 2. The van der Waals surface area contributed by atoms with Crippen molar-refractivity contribution in [2.45, 2.75) is 18.0 Å². The lowest BCUT2D eigenvalue weighted by Gasteiger charge is -2.22. The van der Waals surface area contributed by atoms with Crippen molar-refractivity contribution < 1.29 is 17.9 Å². The third kappa shape index (κ3) is 5.23. The summed E-state index contributed by atoms with van der Waals surface area (Å²) < 4.78 is 40.1. The molecule has 2 aromatic carbocycles. The first kappa shape index (κ1) is 21.0. The van der Waals surface area contributed by atoms with Crippen molar-refractivity contribution in [2.24, 2.45) is 0 Å². The van der Waals surface area contributed by atoms with Crippen LogP contribution in [0.2, 0.25) is 0 Å². The standard InChI is InChI=1S/C21H25N3O4S/c1-27-15-14-24(29(25,26)20-10-8-19(28-2)9-11-20)17-21-22-12-13-23(21)16-18-6-4-3-5-7-18/h3-13H,14-17H2,1-2H3. The number of rotatable bonds is 10. The molecule has 0 aliphatic heterocycles. The van der Waals surface area contributed by atoms with E-state index in [4.69, 9.17) is 9.47 Å². The normalized spacial score (nSPS) is 11.7. The molecule has 0 radical (unpaired) electrons. The highest BCUT2D eigenvalue weighted by Gasteiger charge is 2.26. The van der Waals surface area contributed by atoms with Gasteiger partial charge in [0.1, 0.15) is 11.6 Å². The molecule has 3 aromatic rings. The third-order valence-corrected chi connectivity index (χ3v) is 6.42. The Bertz CT molecular complexity index is 1000. The van der Waals surface area contributed by atoms with Gasteiger partial charge in [0, 0.05) is 32.6 Å². The Morgan fingerprint density at radius 2 is 1.76 bits per heavy atom. The van der Waals surface area contributed by atoms with Crippen molar-refractivity contribution in [3.63, 3.8) is 0 Å². The van der Waals surface area contributed by atoms with E-state index in [-0.39, 0.29) is 24.6 Å². The molecule has 0 aliphatic rings. The second-order valence-electron chi connectivity index (χ2n) is 6.46. The molecule has 3 rings (SSSR count). The van der Waals surface area contributed by atoms with Gasteiger partial charge < -0.3 is 14.0 Å². The van der Waals surface area contributed by atoms with Gasteiger partial charge in [-0.3, -0.25) is 0 Å². The van der Waals surface area contributed by atoms with Crippen molar-refractivity contribution in [3.8, 4) is 5.75 Å². The molecule has 0 atom stereocenters. The molecule has 0 unspecified atom stereocenters. The molecule has 0 amide bonds. The first-order valence-corrected chi connectivity index (χ1v) is 10.7. The van der Waals surface area contributed by atoms with Crippen molar-refractivity contribution >= 4 is 10.0 Å². The summed E-state index contributed by atoms with van der Waals surface area (Å²) >= 11 is 0. The predicted octanol–water partition coefficient (Wildman–Crippen LogP) is 2.78. The molecule has 0 aliphatic carbocycles. The Kier molecular flexibility index (Phi) is 7.03. The zero-order valence-electron chi connectivity index (χ0n) is 16.6. The zero-order chi connectivity index (χ0) is 20.7. The first-order valence-electron chi connectivity index (χ1n) is 9.21. The summed E-state index contributed by atoms with van der Waals surface area (Å²) in [7, 11) is -0.627. The summed E-state index contributed by atoms with van der Waals surface area (Å²) in [5.41, 5.74) is 1.12. The molecular formula is C21H25N3O4S. The fourth-order valence-corrected chi connectivity index (χ4v) is 4.33. The molecule has 0 bridgehead atoms. The van der Waals surface area contributed by atoms with Gasteiger partial charge in [-0.05, 0) is 29.8 Å². The quantitative estimate of drug-likeness (QED) is 0.509. The number of imidazole rings is 1. The predicted molar refractivity (Wildman–Crippen MR) is 110 cm³/mol. The molecule has 0 saturated carbocycles. The van der Waals surface area contributed by atoms with E-state index in [0.717, 1.165) is 5.56 Å². The van der Waals surface area contributed by atoms with Gasteiger partial charge in [-0.25, -0.2) is 13.4 Å². The lowest BCUT2D eigenvalue weighted by atomic mass is 10.2. The summed E-state index contributed by atoms with van der Waals surface area (Å²) in [6, 6.07) is 16.3. The topological polar surface area (TPSA) is 73.7 Å². The molecule has 7 nitrogen and oxygen atoms in total. The number of nitrogens with zero attached hydrogens (tertiary/aromatic N) is 3. The van der Waals surface area contributed by atoms with Crippen LogP contribution in [0.5, 0.6) is 5.75 Å². The van der Waals surface area contributed by atoms with Crippen LogP contribution in [0.15, 0.2) is 71.9 Å². The largest absolute Gasteiger partial charge is 0.497 e. The number of ether oxygens (including phenoxy) is 2. The molecule has 29 heavy (non-hydrogen) atoms. The van der Waals surface area contributed by atoms with E-state index in [1.807, 2.05) is 41.1 Å². The minimum atomic E-state index is -3.72. The molecule has 0 N–H and O–H groups in total. The van der Waals surface area contributed by atoms with Crippen LogP contribution in [0.25, 0.3) is 0 Å². The molecule has 8 heteroatoms. The minimum absolute atomic E-state index is 0.150. The van der Waals surface area contributed by atoms with E-state index in [2.05, 4.69) is 4.98 Å². The summed E-state index contributed by atoms with van der Waals surface area (Å²) in [5.74, 6) is 1.27. The minimum Gasteiger partial charge on any atom is -0.497 e. The van der Waals surface area contributed by atoms with Gasteiger partial charge in [-0.2, -0.15) is 4.31 Å². The number of methoxy groups -OCH3 is 2. The monoisotopic (exact) mass is 415 g/mol. The summed E-state index contributed by atoms with van der Waals surface area (Å²) in [4.78, 5) is 4.60. The second kappa shape index (κ2) is 9.69. The molecule has 1 aromatic heterocycles. The fourth-order valence-electron chi connectivity index (χ4n) is 2.95. The number of hydrogen-bond donors (Lipinski definition) is 0. The third-order valence-electron chi connectivity index (χ3n) is 4.56. The Hall–Kier alpha value is -2.68. The molecule has 0 fully saturated rings. The number of hydrogen-bond acceptors (Lipinski definition) is 5. The van der Waals surface area contributed by atoms with Gasteiger partial charge in [0.25, 0.3) is 0 Å². The lowest BCUT2D eigenvalue weighted by molar-refractivity contribution is 0.176. The maximum absolute atomic E-state index is 13.2. The fraction of sp³-hybridized carbons (Fsp3) is 0.286. The second-order valence-corrected chi connectivity index (χ2v) is 8.40. The highest BCUT2D eigenvalue weighted by Crippen LogP contribution is 2.21. The Labute approximate surface area is 171 Å². The van der Waals surface area contributed by atoms with E-state index >= 15 is 0 Å². The smallest absolute Gasteiger partial charge is 0.243 e. The van der Waals surface area contributed by atoms with E-state index in [1.54, 1.807) is 44.7 Å². The van der Waals surface area contributed by atoms with Gasteiger partial charge >= 0.3 is 0 Å². The van der Waals surface area contributed by atoms with Crippen molar-refractivity contribution in [1.82, 2.24) is 13.9 Å². The SMILES string of the molecule is COCCN(Cc1nccn1Cc1ccccc1)S(=O)(=O)c1ccc(OC)cc1. The van der Waals surface area contributed by atoms with Crippen LogP contribution in [-0.2, 0) is 27.8 Å². The van der Waals surface area contributed by atoms with Gasteiger partial charge in [0.15, 0.2) is 0 Å². The van der Waals surface area contributed by atoms with Crippen LogP contribution >= 0.6 is 0 Å². The van der Waals surface area contributed by atoms with E-state index in [0.29, 0.717) is 18.1 Å². The summed E-state index contributed by atoms with van der Waals surface area (Å²) in [5, 5.41) is 0. The van der Waals surface area contributed by atoms with Crippen LogP contribution < -0.4 is 4.74 Å². The van der Waals surface area contributed by atoms with Crippen LogP contribution in [0.1, 0.15) is 11.4 Å². The number of sulfonamides is 1. The van der Waals surface area contributed by atoms with Gasteiger partial charge in [0.2, 0.25) is 10.0 Å². The first-order chi connectivity index (χ1) is 14.0. The zero-order valence-corrected chi connectivity index (χ0v) is 17.4. The Morgan fingerprint density at radius 3 is 2.41 bits per heavy atom. The van der Waals surface area contributed by atoms with E-state index < -0.39 is 10.0 Å². The average Bonchev–Trinajstić information content (AvgIpc) is 3.18. The summed E-state index contributed by atoms with van der Waals surface area (Å²) in [6.07, 6.45) is 3.55. The van der Waals surface area contributed by atoms with Gasteiger partial charge in [-0.15, -0.1) is 0 Å². The molecule has 0 spiro atoms. The van der Waals surface area contributed by atoms with Crippen molar-refractivity contribution in [3.05, 3.63) is 78.4 Å². The molecule has 1 heterocycles. The van der Waals surface area contributed by atoms with E-state index in [1.165, 1.54) is 4.31 Å². The Balaban J connectivity index is 1.85. The van der Waals surface area contributed by atoms with E-state index in [9.17, 15) is 8.42 Å². The maximum Gasteiger partial charge on any atom is 0.243 e. The highest BCUT2D eigenvalue weighted by molar-refractivity contribution is 7.89. The van der Waals surface area contributed by atoms with Crippen molar-refractivity contribution in [1.29, 1.82) is 0 Å². The molecule has 0 saturated heterocycles. The maximum atomic E-state index is 13.2. The average molecular weight is 416 g/mol. The van der Waals surface area contributed by atoms with Gasteiger partial charge in [-0.1, -0.05) is 30.3 Å². The van der Waals surface area contributed by atoms with Crippen LogP contribution in [0.3, 0.4) is 0 Å². The van der Waals surface area contributed by atoms with Gasteiger partial charge in [0.05, 0.1) is 25.2 Å². The molecule has 154 valence electrons. The van der Waals surface area contributed by atoms with Crippen LogP contribution in [0, 0.1) is 0 Å². The molecular weight excluding hydrogens is 390 g/mol. The summed E-state index contributed by atoms with van der Waals surface area (Å²) in [6.45, 7) is 1.28.